The molecule has 0 aliphatic carbocycles. The Labute approximate surface area is 122 Å². The second kappa shape index (κ2) is 7.51. The molecule has 0 atom stereocenters. The summed E-state index contributed by atoms with van der Waals surface area (Å²) in [6.45, 7) is 9.52. The van der Waals surface area contributed by atoms with Gasteiger partial charge < -0.3 is 4.74 Å². The number of esters is 1. The van der Waals surface area contributed by atoms with Gasteiger partial charge in [0, 0.05) is 12.1 Å². The van der Waals surface area contributed by atoms with Crippen LogP contribution in [0.25, 0.3) is 0 Å². The van der Waals surface area contributed by atoms with E-state index in [1.54, 1.807) is 6.07 Å². The van der Waals surface area contributed by atoms with E-state index >= 15 is 0 Å². The zero-order chi connectivity index (χ0) is 13.8. The van der Waals surface area contributed by atoms with Gasteiger partial charge in [0.15, 0.2) is 0 Å². The van der Waals surface area contributed by atoms with Crippen LogP contribution in [-0.4, -0.2) is 36.6 Å². The van der Waals surface area contributed by atoms with Gasteiger partial charge in [0.2, 0.25) is 0 Å². The van der Waals surface area contributed by atoms with E-state index in [0.717, 1.165) is 12.1 Å². The van der Waals surface area contributed by atoms with Crippen LogP contribution in [0.2, 0.25) is 0 Å². The summed E-state index contributed by atoms with van der Waals surface area (Å²) < 4.78 is 5.27. The normalized spacial score (nSPS) is 11.1. The second-order valence-corrected chi connectivity index (χ2v) is 5.60. The Morgan fingerprint density at radius 3 is 2.47 bits per heavy atom. The molecule has 0 saturated carbocycles. The van der Waals surface area contributed by atoms with E-state index in [4.69, 9.17) is 4.74 Å². The first kappa shape index (κ1) is 17.9. The molecule has 0 bridgehead atoms. The molecule has 108 valence electrons. The predicted octanol–water partition coefficient (Wildman–Crippen LogP) is 3.30. The SMILES string of the molecule is Cc1cccc(C(=O)OCCN(C)C(C)(C)C)c1.Cl. The fraction of sp³-hybridized carbons (Fsp3) is 0.533. The molecule has 3 nitrogen and oxygen atoms in total. The number of benzene rings is 1. The summed E-state index contributed by atoms with van der Waals surface area (Å²) in [5.74, 6) is -0.249. The van der Waals surface area contributed by atoms with Crippen molar-refractivity contribution in [3.8, 4) is 0 Å². The average Bonchev–Trinajstić information content (AvgIpc) is 2.27. The van der Waals surface area contributed by atoms with Crippen LogP contribution in [0.4, 0.5) is 0 Å². The minimum atomic E-state index is -0.249. The summed E-state index contributed by atoms with van der Waals surface area (Å²) in [5, 5.41) is 0. The first-order valence-corrected chi connectivity index (χ1v) is 6.26. The molecular weight excluding hydrogens is 262 g/mol. The number of nitrogens with zero attached hydrogens (tertiary/aromatic N) is 1. The molecule has 0 spiro atoms. The number of aryl methyl sites for hydroxylation is 1. The lowest BCUT2D eigenvalue weighted by molar-refractivity contribution is 0.0423. The van der Waals surface area contributed by atoms with Crippen LogP contribution in [0, 0.1) is 6.92 Å². The Kier molecular flexibility index (Phi) is 7.09. The smallest absolute Gasteiger partial charge is 0.338 e. The molecule has 0 unspecified atom stereocenters. The van der Waals surface area contributed by atoms with Gasteiger partial charge in [-0.15, -0.1) is 12.4 Å². The monoisotopic (exact) mass is 285 g/mol. The zero-order valence-electron chi connectivity index (χ0n) is 12.4. The van der Waals surface area contributed by atoms with Gasteiger partial charge in [-0.1, -0.05) is 17.7 Å². The third kappa shape index (κ3) is 6.08. The van der Waals surface area contributed by atoms with Crippen molar-refractivity contribution in [2.75, 3.05) is 20.2 Å². The third-order valence-corrected chi connectivity index (χ3v) is 3.06. The lowest BCUT2D eigenvalue weighted by atomic mass is 10.1. The molecular formula is C15H24ClNO2. The molecule has 0 radical (unpaired) electrons. The van der Waals surface area contributed by atoms with Crippen molar-refractivity contribution in [1.29, 1.82) is 0 Å². The summed E-state index contributed by atoms with van der Waals surface area (Å²) >= 11 is 0. The van der Waals surface area contributed by atoms with Gasteiger partial charge in [-0.3, -0.25) is 4.90 Å². The molecule has 0 heterocycles. The largest absolute Gasteiger partial charge is 0.461 e. The highest BCUT2D eigenvalue weighted by molar-refractivity contribution is 5.89. The maximum atomic E-state index is 11.8. The number of hydrogen-bond acceptors (Lipinski definition) is 3. The number of rotatable bonds is 4. The molecule has 1 aromatic rings. The topological polar surface area (TPSA) is 29.5 Å². The number of carbonyl (C=O) groups excluding carboxylic acids is 1. The number of halogens is 1. The Morgan fingerprint density at radius 2 is 1.95 bits per heavy atom. The molecule has 1 rings (SSSR count). The number of carbonyl (C=O) groups is 1. The van der Waals surface area contributed by atoms with Crippen LogP contribution >= 0.6 is 12.4 Å². The molecule has 4 heteroatoms. The Morgan fingerprint density at radius 1 is 1.32 bits per heavy atom. The van der Waals surface area contributed by atoms with Gasteiger partial charge in [0.05, 0.1) is 5.56 Å². The van der Waals surface area contributed by atoms with Crippen molar-refractivity contribution in [2.45, 2.75) is 33.2 Å². The minimum absolute atomic E-state index is 0. The molecule has 0 amide bonds. The molecule has 0 aromatic heterocycles. The lowest BCUT2D eigenvalue weighted by Crippen LogP contribution is -2.40. The maximum absolute atomic E-state index is 11.8. The van der Waals surface area contributed by atoms with E-state index in [1.807, 2.05) is 32.2 Å². The lowest BCUT2D eigenvalue weighted by Gasteiger charge is -2.31. The van der Waals surface area contributed by atoms with Crippen LogP contribution < -0.4 is 0 Å². The average molecular weight is 286 g/mol. The van der Waals surface area contributed by atoms with Crippen LogP contribution in [0.15, 0.2) is 24.3 Å². The van der Waals surface area contributed by atoms with Crippen LogP contribution in [-0.2, 0) is 4.74 Å². The molecule has 0 aliphatic rings. The van der Waals surface area contributed by atoms with Gasteiger partial charge in [-0.2, -0.15) is 0 Å². The van der Waals surface area contributed by atoms with Crippen LogP contribution in [0.3, 0.4) is 0 Å². The standard InChI is InChI=1S/C15H23NO2.ClH/c1-12-7-6-8-13(11-12)14(17)18-10-9-16(5)15(2,3)4;/h6-8,11H,9-10H2,1-5H3;1H. The summed E-state index contributed by atoms with van der Waals surface area (Å²) in [6.07, 6.45) is 0. The van der Waals surface area contributed by atoms with E-state index in [9.17, 15) is 4.79 Å². The van der Waals surface area contributed by atoms with Gasteiger partial charge in [0.25, 0.3) is 0 Å². The van der Waals surface area contributed by atoms with Gasteiger partial charge in [-0.25, -0.2) is 4.79 Å². The second-order valence-electron chi connectivity index (χ2n) is 5.60. The number of hydrogen-bond donors (Lipinski definition) is 0. The molecule has 0 N–H and O–H groups in total. The molecule has 0 fully saturated rings. The molecule has 0 aliphatic heterocycles. The fourth-order valence-electron chi connectivity index (χ4n) is 1.47. The minimum Gasteiger partial charge on any atom is -0.461 e. The van der Waals surface area contributed by atoms with Crippen molar-refractivity contribution in [3.05, 3.63) is 35.4 Å². The summed E-state index contributed by atoms with van der Waals surface area (Å²) in [6, 6.07) is 7.45. The van der Waals surface area contributed by atoms with E-state index in [2.05, 4.69) is 25.7 Å². The first-order valence-electron chi connectivity index (χ1n) is 6.26. The van der Waals surface area contributed by atoms with Gasteiger partial charge >= 0.3 is 5.97 Å². The predicted molar refractivity (Wildman–Crippen MR) is 81.1 cm³/mol. The van der Waals surface area contributed by atoms with Gasteiger partial charge in [0.1, 0.15) is 6.61 Å². The Hall–Kier alpha value is -1.06. The van der Waals surface area contributed by atoms with Gasteiger partial charge in [-0.05, 0) is 46.9 Å². The number of ether oxygens (including phenoxy) is 1. The van der Waals surface area contributed by atoms with E-state index in [-0.39, 0.29) is 23.9 Å². The summed E-state index contributed by atoms with van der Waals surface area (Å²) in [7, 11) is 2.03. The quantitative estimate of drug-likeness (QED) is 0.795. The van der Waals surface area contributed by atoms with Crippen molar-refractivity contribution < 1.29 is 9.53 Å². The third-order valence-electron chi connectivity index (χ3n) is 3.06. The van der Waals surface area contributed by atoms with Crippen molar-refractivity contribution in [2.24, 2.45) is 0 Å². The van der Waals surface area contributed by atoms with Crippen molar-refractivity contribution in [1.82, 2.24) is 4.90 Å². The number of likely N-dealkylation sites (N-methyl/N-ethyl adjacent to an activating group) is 1. The van der Waals surface area contributed by atoms with E-state index < -0.39 is 0 Å². The van der Waals surface area contributed by atoms with Crippen molar-refractivity contribution in [3.63, 3.8) is 0 Å². The highest BCUT2D eigenvalue weighted by Crippen LogP contribution is 2.10. The van der Waals surface area contributed by atoms with Crippen LogP contribution in [0.1, 0.15) is 36.7 Å². The maximum Gasteiger partial charge on any atom is 0.338 e. The van der Waals surface area contributed by atoms with Crippen LogP contribution in [0.5, 0.6) is 0 Å². The fourth-order valence-corrected chi connectivity index (χ4v) is 1.47. The zero-order valence-corrected chi connectivity index (χ0v) is 13.2. The highest BCUT2D eigenvalue weighted by Gasteiger charge is 2.17. The Bertz CT molecular complexity index is 413. The first-order chi connectivity index (χ1) is 8.30. The molecule has 19 heavy (non-hydrogen) atoms. The Balaban J connectivity index is 0.00000324. The summed E-state index contributed by atoms with van der Waals surface area (Å²) in [4.78, 5) is 14.0. The van der Waals surface area contributed by atoms with Crippen molar-refractivity contribution >= 4 is 18.4 Å². The summed E-state index contributed by atoms with van der Waals surface area (Å²) in [5.41, 5.74) is 1.78. The van der Waals surface area contributed by atoms with E-state index in [0.29, 0.717) is 12.2 Å². The molecule has 1 aromatic carbocycles. The highest BCUT2D eigenvalue weighted by atomic mass is 35.5. The molecule has 0 saturated heterocycles. The van der Waals surface area contributed by atoms with E-state index in [1.165, 1.54) is 0 Å².